The standard InChI is InChI=1S/C22H26N8O3/c1-22(2,3)32-21(31)30-12-10-14(11-13-30)18-25-17(29-33-18)16-26-19(23-4)28-20(27-16)24-15-8-6-5-7-9-15/h5-9,14H,4,10-13H2,1-3H3,(H,24,26,27,28). The van der Waals surface area contributed by atoms with E-state index in [1.54, 1.807) is 4.90 Å². The highest BCUT2D eigenvalue weighted by atomic mass is 16.6. The number of aromatic nitrogens is 5. The quantitative estimate of drug-likeness (QED) is 0.570. The van der Waals surface area contributed by atoms with Gasteiger partial charge in [0, 0.05) is 24.7 Å². The Hall–Kier alpha value is -3.89. The largest absolute Gasteiger partial charge is 0.444 e. The van der Waals surface area contributed by atoms with E-state index in [9.17, 15) is 4.79 Å². The van der Waals surface area contributed by atoms with E-state index < -0.39 is 5.60 Å². The first-order valence-corrected chi connectivity index (χ1v) is 10.7. The van der Waals surface area contributed by atoms with Crippen LogP contribution in [0.3, 0.4) is 0 Å². The molecule has 0 aliphatic carbocycles. The number of carbonyl (C=O) groups is 1. The number of piperidine rings is 1. The summed E-state index contributed by atoms with van der Waals surface area (Å²) in [5.74, 6) is 1.43. The van der Waals surface area contributed by atoms with Gasteiger partial charge in [-0.25, -0.2) is 9.79 Å². The number of rotatable bonds is 5. The molecule has 1 amide bonds. The minimum absolute atomic E-state index is 0.0330. The number of anilines is 2. The van der Waals surface area contributed by atoms with Crippen molar-refractivity contribution >= 4 is 30.4 Å². The first-order valence-electron chi connectivity index (χ1n) is 10.7. The minimum atomic E-state index is -0.521. The van der Waals surface area contributed by atoms with Crippen LogP contribution in [0.5, 0.6) is 0 Å². The third kappa shape index (κ3) is 5.68. The number of hydrogen-bond donors (Lipinski definition) is 1. The fourth-order valence-electron chi connectivity index (χ4n) is 3.37. The van der Waals surface area contributed by atoms with E-state index in [4.69, 9.17) is 9.26 Å². The molecule has 0 radical (unpaired) electrons. The highest BCUT2D eigenvalue weighted by Crippen LogP contribution is 2.29. The molecule has 3 heterocycles. The molecule has 11 nitrogen and oxygen atoms in total. The van der Waals surface area contributed by atoms with Crippen LogP contribution in [0.1, 0.15) is 45.4 Å². The monoisotopic (exact) mass is 450 g/mol. The van der Waals surface area contributed by atoms with Crippen LogP contribution in [0.25, 0.3) is 11.6 Å². The Bertz CT molecular complexity index is 1120. The third-order valence-electron chi connectivity index (χ3n) is 4.93. The van der Waals surface area contributed by atoms with Crippen molar-refractivity contribution in [1.29, 1.82) is 0 Å². The van der Waals surface area contributed by atoms with Crippen molar-refractivity contribution in [3.8, 4) is 11.6 Å². The van der Waals surface area contributed by atoms with E-state index in [1.165, 1.54) is 0 Å². The van der Waals surface area contributed by atoms with Gasteiger partial charge in [-0.2, -0.15) is 19.9 Å². The molecule has 1 fully saturated rings. The van der Waals surface area contributed by atoms with Crippen LogP contribution in [0.2, 0.25) is 0 Å². The fourth-order valence-corrected chi connectivity index (χ4v) is 3.37. The summed E-state index contributed by atoms with van der Waals surface area (Å²) < 4.78 is 11.0. The van der Waals surface area contributed by atoms with Gasteiger partial charge in [-0.1, -0.05) is 23.4 Å². The van der Waals surface area contributed by atoms with Crippen LogP contribution in [0.4, 0.5) is 22.4 Å². The Balaban J connectivity index is 1.46. The molecule has 1 N–H and O–H groups in total. The van der Waals surface area contributed by atoms with Crippen LogP contribution in [-0.4, -0.2) is 61.5 Å². The normalized spacial score (nSPS) is 14.7. The lowest BCUT2D eigenvalue weighted by Gasteiger charge is -2.32. The zero-order chi connectivity index (χ0) is 23.4. The van der Waals surface area contributed by atoms with Crippen molar-refractivity contribution in [3.05, 3.63) is 36.2 Å². The maximum atomic E-state index is 12.3. The van der Waals surface area contributed by atoms with Gasteiger partial charge in [-0.15, -0.1) is 0 Å². The summed E-state index contributed by atoms with van der Waals surface area (Å²) in [6.07, 6.45) is 1.08. The molecule has 0 atom stereocenters. The number of nitrogens with one attached hydrogen (secondary N) is 1. The van der Waals surface area contributed by atoms with E-state index in [0.717, 1.165) is 5.69 Å². The number of ether oxygens (including phenoxy) is 1. The second kappa shape index (κ2) is 9.31. The first kappa shape index (κ1) is 22.3. The van der Waals surface area contributed by atoms with Gasteiger partial charge in [0.1, 0.15) is 5.60 Å². The topological polar surface area (TPSA) is 132 Å². The molecule has 1 saturated heterocycles. The highest BCUT2D eigenvalue weighted by Gasteiger charge is 2.30. The van der Waals surface area contributed by atoms with Crippen LogP contribution in [-0.2, 0) is 4.74 Å². The summed E-state index contributed by atoms with van der Waals surface area (Å²) in [5.41, 5.74) is 0.294. The molecule has 3 aromatic rings. The number of nitrogens with zero attached hydrogens (tertiary/aromatic N) is 7. The molecule has 0 saturated carbocycles. The van der Waals surface area contributed by atoms with Crippen molar-refractivity contribution in [2.45, 2.75) is 45.1 Å². The van der Waals surface area contributed by atoms with Crippen molar-refractivity contribution in [3.63, 3.8) is 0 Å². The van der Waals surface area contributed by atoms with E-state index >= 15 is 0 Å². The Kier molecular flexibility index (Phi) is 6.29. The third-order valence-corrected chi connectivity index (χ3v) is 4.93. The highest BCUT2D eigenvalue weighted by molar-refractivity contribution is 5.68. The molecular weight excluding hydrogens is 424 g/mol. The van der Waals surface area contributed by atoms with Gasteiger partial charge in [-0.05, 0) is 52.5 Å². The lowest BCUT2D eigenvalue weighted by molar-refractivity contribution is 0.0198. The van der Waals surface area contributed by atoms with Gasteiger partial charge < -0.3 is 19.5 Å². The van der Waals surface area contributed by atoms with Crippen LogP contribution in [0, 0.1) is 0 Å². The van der Waals surface area contributed by atoms with Crippen molar-refractivity contribution in [2.75, 3.05) is 18.4 Å². The van der Waals surface area contributed by atoms with Gasteiger partial charge in [0.25, 0.3) is 5.95 Å². The molecule has 11 heteroatoms. The maximum Gasteiger partial charge on any atom is 0.410 e. The summed E-state index contributed by atoms with van der Waals surface area (Å²) in [4.78, 5) is 35.2. The number of likely N-dealkylation sites (tertiary alicyclic amines) is 1. The van der Waals surface area contributed by atoms with Crippen LogP contribution in [0.15, 0.2) is 39.8 Å². The molecule has 33 heavy (non-hydrogen) atoms. The zero-order valence-corrected chi connectivity index (χ0v) is 18.9. The van der Waals surface area contributed by atoms with Gasteiger partial charge in [0.15, 0.2) is 0 Å². The maximum absolute atomic E-state index is 12.3. The molecule has 1 aromatic carbocycles. The number of hydrogen-bond acceptors (Lipinski definition) is 10. The second-order valence-electron chi connectivity index (χ2n) is 8.63. The number of benzene rings is 1. The molecule has 2 aromatic heterocycles. The fraction of sp³-hybridized carbons (Fsp3) is 0.409. The predicted molar refractivity (Wildman–Crippen MR) is 122 cm³/mol. The molecule has 0 unspecified atom stereocenters. The van der Waals surface area contributed by atoms with Gasteiger partial charge in [0.2, 0.25) is 23.5 Å². The summed E-state index contributed by atoms with van der Waals surface area (Å²) in [6.45, 7) is 10.2. The number of amides is 1. The number of carbonyl (C=O) groups excluding carboxylic acids is 1. The summed E-state index contributed by atoms with van der Waals surface area (Å²) in [6, 6.07) is 9.49. The van der Waals surface area contributed by atoms with Gasteiger partial charge in [0.05, 0.1) is 0 Å². The molecule has 4 rings (SSSR count). The minimum Gasteiger partial charge on any atom is -0.444 e. The van der Waals surface area contributed by atoms with Crippen molar-refractivity contribution in [2.24, 2.45) is 4.99 Å². The number of para-hydroxylation sites is 1. The van der Waals surface area contributed by atoms with Gasteiger partial charge in [-0.3, -0.25) is 0 Å². The summed E-state index contributed by atoms with van der Waals surface area (Å²) >= 11 is 0. The molecule has 1 aliphatic heterocycles. The Labute approximate surface area is 191 Å². The molecule has 172 valence electrons. The average molecular weight is 451 g/mol. The average Bonchev–Trinajstić information content (AvgIpc) is 3.29. The Morgan fingerprint density at radius 2 is 1.85 bits per heavy atom. The van der Waals surface area contributed by atoms with Gasteiger partial charge >= 0.3 is 6.09 Å². The SMILES string of the molecule is C=Nc1nc(Nc2ccccc2)nc(-c2noc(C3CCN(C(=O)OC(C)(C)C)CC3)n2)n1. The van der Waals surface area contributed by atoms with Crippen LogP contribution >= 0.6 is 0 Å². The molecular formula is C22H26N8O3. The second-order valence-corrected chi connectivity index (χ2v) is 8.63. The lowest BCUT2D eigenvalue weighted by Crippen LogP contribution is -2.41. The Morgan fingerprint density at radius 3 is 2.52 bits per heavy atom. The lowest BCUT2D eigenvalue weighted by atomic mass is 9.97. The van der Waals surface area contributed by atoms with E-state index in [2.05, 4.69) is 42.1 Å². The number of aliphatic imine (C=N–C) groups is 1. The molecule has 0 bridgehead atoms. The van der Waals surface area contributed by atoms with E-state index in [1.807, 2.05) is 51.1 Å². The predicted octanol–water partition coefficient (Wildman–Crippen LogP) is 4.11. The smallest absolute Gasteiger partial charge is 0.410 e. The van der Waals surface area contributed by atoms with E-state index in [-0.39, 0.29) is 29.6 Å². The summed E-state index contributed by atoms with van der Waals surface area (Å²) in [7, 11) is 0. The zero-order valence-electron chi connectivity index (χ0n) is 18.9. The van der Waals surface area contributed by atoms with Crippen molar-refractivity contribution in [1.82, 2.24) is 30.0 Å². The Morgan fingerprint density at radius 1 is 1.12 bits per heavy atom. The van der Waals surface area contributed by atoms with E-state index in [0.29, 0.717) is 37.8 Å². The molecule has 1 aliphatic rings. The molecule has 0 spiro atoms. The first-order chi connectivity index (χ1) is 15.8. The van der Waals surface area contributed by atoms with Crippen molar-refractivity contribution < 1.29 is 14.1 Å². The van der Waals surface area contributed by atoms with Crippen LogP contribution < -0.4 is 5.32 Å². The summed E-state index contributed by atoms with van der Waals surface area (Å²) in [5, 5.41) is 7.16.